The number of nitrogens with one attached hydrogen (secondary N) is 1. The van der Waals surface area contributed by atoms with Gasteiger partial charge in [0.2, 0.25) is 0 Å². The van der Waals surface area contributed by atoms with Gasteiger partial charge in [-0.2, -0.15) is 0 Å². The van der Waals surface area contributed by atoms with Crippen LogP contribution in [0, 0.1) is 0 Å². The number of ether oxygens (including phenoxy) is 1. The summed E-state index contributed by atoms with van der Waals surface area (Å²) in [7, 11) is 0. The van der Waals surface area contributed by atoms with Crippen LogP contribution in [0.3, 0.4) is 0 Å². The summed E-state index contributed by atoms with van der Waals surface area (Å²) in [4.78, 5) is 0. The van der Waals surface area contributed by atoms with Crippen LogP contribution in [-0.4, -0.2) is 25.8 Å². The van der Waals surface area contributed by atoms with E-state index in [-0.39, 0.29) is 0 Å². The third-order valence-electron chi connectivity index (χ3n) is 1.61. The molecule has 0 saturated carbocycles. The van der Waals surface area contributed by atoms with E-state index in [1.54, 1.807) is 0 Å². The van der Waals surface area contributed by atoms with Crippen molar-refractivity contribution in [1.82, 2.24) is 5.32 Å². The van der Waals surface area contributed by atoms with E-state index >= 15 is 0 Å². The Balaban J connectivity index is 1.98. The molecule has 0 amide bonds. The summed E-state index contributed by atoms with van der Waals surface area (Å²) >= 11 is 0. The summed E-state index contributed by atoms with van der Waals surface area (Å²) in [5.74, 6) is 0. The molecule has 1 heterocycles. The molecule has 1 N–H and O–H groups in total. The maximum absolute atomic E-state index is 5.19. The minimum atomic E-state index is 0.643. The highest BCUT2D eigenvalue weighted by Gasteiger charge is 2.12. The first-order valence-electron chi connectivity index (χ1n) is 3.74. The quantitative estimate of drug-likeness (QED) is 0.608. The van der Waals surface area contributed by atoms with Crippen molar-refractivity contribution in [3.8, 4) is 0 Å². The zero-order chi connectivity index (χ0) is 6.53. The van der Waals surface area contributed by atoms with Gasteiger partial charge in [-0.05, 0) is 19.4 Å². The molecule has 0 aromatic rings. The predicted molar refractivity (Wildman–Crippen MR) is 37.5 cm³/mol. The van der Waals surface area contributed by atoms with Gasteiger partial charge in [0.1, 0.15) is 0 Å². The molecule has 1 fully saturated rings. The zero-order valence-corrected chi connectivity index (χ0v) is 6.02. The van der Waals surface area contributed by atoms with Gasteiger partial charge in [0.25, 0.3) is 0 Å². The molecule has 0 aliphatic carbocycles. The Morgan fingerprint density at radius 3 is 3.11 bits per heavy atom. The van der Waals surface area contributed by atoms with Crippen molar-refractivity contribution in [2.75, 3.05) is 19.8 Å². The molecule has 0 aromatic heterocycles. The molecule has 0 aromatic carbocycles. The number of hydrogen-bond acceptors (Lipinski definition) is 2. The van der Waals surface area contributed by atoms with Crippen LogP contribution in [0.4, 0.5) is 0 Å². The van der Waals surface area contributed by atoms with E-state index in [4.69, 9.17) is 4.74 Å². The van der Waals surface area contributed by atoms with Crippen molar-refractivity contribution in [1.29, 1.82) is 0 Å². The molecule has 0 spiro atoms. The molecule has 2 heteroatoms. The summed E-state index contributed by atoms with van der Waals surface area (Å²) in [6.45, 7) is 5.18. The lowest BCUT2D eigenvalue weighted by atomic mass is 10.2. The lowest BCUT2D eigenvalue weighted by Gasteiger charge is -2.07. The topological polar surface area (TPSA) is 21.3 Å². The molecule has 9 heavy (non-hydrogen) atoms. The maximum atomic E-state index is 5.19. The number of rotatable bonds is 3. The molecule has 54 valence electrons. The molecule has 1 unspecified atom stereocenters. The molecule has 1 aliphatic rings. The average molecular weight is 129 g/mol. The first-order chi connectivity index (χ1) is 4.43. The number of hydrogen-bond donors (Lipinski definition) is 1. The molecular formula is C7H15NO. The van der Waals surface area contributed by atoms with Crippen LogP contribution >= 0.6 is 0 Å². The maximum Gasteiger partial charge on any atom is 0.0620 e. The fourth-order valence-corrected chi connectivity index (χ4v) is 1.04. The van der Waals surface area contributed by atoms with E-state index in [1.807, 2.05) is 0 Å². The van der Waals surface area contributed by atoms with Crippen molar-refractivity contribution < 1.29 is 4.74 Å². The van der Waals surface area contributed by atoms with Gasteiger partial charge < -0.3 is 10.1 Å². The smallest absolute Gasteiger partial charge is 0.0620 e. The molecule has 0 bridgehead atoms. The van der Waals surface area contributed by atoms with Gasteiger partial charge in [0, 0.05) is 12.6 Å². The largest absolute Gasteiger partial charge is 0.380 e. The van der Waals surface area contributed by atoms with Crippen molar-refractivity contribution >= 4 is 0 Å². The van der Waals surface area contributed by atoms with Gasteiger partial charge >= 0.3 is 0 Å². The second-order valence-corrected chi connectivity index (χ2v) is 2.51. The Morgan fingerprint density at radius 2 is 2.56 bits per heavy atom. The monoisotopic (exact) mass is 129 g/mol. The van der Waals surface area contributed by atoms with E-state index in [9.17, 15) is 0 Å². The van der Waals surface area contributed by atoms with Gasteiger partial charge in [-0.25, -0.2) is 0 Å². The molecule has 1 atom stereocenters. The highest BCUT2D eigenvalue weighted by Crippen LogP contribution is 2.02. The fraction of sp³-hybridized carbons (Fsp3) is 1.00. The standard InChI is InChI=1S/C7H15NO/c1-2-4-8-7-3-5-9-6-7/h7-8H,2-6H2,1H3. The van der Waals surface area contributed by atoms with Crippen molar-refractivity contribution in [2.24, 2.45) is 0 Å². The first-order valence-corrected chi connectivity index (χ1v) is 3.74. The Hall–Kier alpha value is -0.0800. The Morgan fingerprint density at radius 1 is 1.67 bits per heavy atom. The summed E-state index contributed by atoms with van der Waals surface area (Å²) in [6.07, 6.45) is 2.41. The van der Waals surface area contributed by atoms with Crippen LogP contribution in [0.25, 0.3) is 0 Å². The minimum Gasteiger partial charge on any atom is -0.380 e. The second-order valence-electron chi connectivity index (χ2n) is 2.51. The normalized spacial score (nSPS) is 27.0. The van der Waals surface area contributed by atoms with Gasteiger partial charge in [-0.3, -0.25) is 0 Å². The van der Waals surface area contributed by atoms with E-state index in [1.165, 1.54) is 12.8 Å². The SMILES string of the molecule is CCCNC1CCOC1. The molecule has 1 aliphatic heterocycles. The highest BCUT2D eigenvalue weighted by atomic mass is 16.5. The minimum absolute atomic E-state index is 0.643. The highest BCUT2D eigenvalue weighted by molar-refractivity contribution is 4.69. The van der Waals surface area contributed by atoms with Gasteiger partial charge in [0.15, 0.2) is 0 Å². The van der Waals surface area contributed by atoms with Gasteiger partial charge in [-0.15, -0.1) is 0 Å². The van der Waals surface area contributed by atoms with E-state index < -0.39 is 0 Å². The predicted octanol–water partition coefficient (Wildman–Crippen LogP) is 0.775. The fourth-order valence-electron chi connectivity index (χ4n) is 1.04. The van der Waals surface area contributed by atoms with E-state index in [0.29, 0.717) is 6.04 Å². The molecule has 1 saturated heterocycles. The van der Waals surface area contributed by atoms with Crippen molar-refractivity contribution in [3.63, 3.8) is 0 Å². The summed E-state index contributed by atoms with van der Waals surface area (Å²) in [5, 5.41) is 3.41. The van der Waals surface area contributed by atoms with Crippen molar-refractivity contribution in [3.05, 3.63) is 0 Å². The zero-order valence-electron chi connectivity index (χ0n) is 6.02. The second kappa shape index (κ2) is 3.85. The molecular weight excluding hydrogens is 114 g/mol. The summed E-state index contributed by atoms with van der Waals surface area (Å²) < 4.78 is 5.19. The Kier molecular flexibility index (Phi) is 3.01. The lowest BCUT2D eigenvalue weighted by molar-refractivity contribution is 0.190. The van der Waals surface area contributed by atoms with Crippen LogP contribution in [0.5, 0.6) is 0 Å². The van der Waals surface area contributed by atoms with E-state index in [0.717, 1.165) is 19.8 Å². The van der Waals surface area contributed by atoms with Crippen LogP contribution in [-0.2, 0) is 4.74 Å². The van der Waals surface area contributed by atoms with Crippen LogP contribution in [0.2, 0.25) is 0 Å². The van der Waals surface area contributed by atoms with Crippen molar-refractivity contribution in [2.45, 2.75) is 25.8 Å². The Labute approximate surface area is 56.6 Å². The van der Waals surface area contributed by atoms with Crippen LogP contribution in [0.1, 0.15) is 19.8 Å². The molecule has 0 radical (unpaired) electrons. The van der Waals surface area contributed by atoms with Gasteiger partial charge in [-0.1, -0.05) is 6.92 Å². The van der Waals surface area contributed by atoms with Crippen LogP contribution in [0.15, 0.2) is 0 Å². The van der Waals surface area contributed by atoms with Crippen LogP contribution < -0.4 is 5.32 Å². The van der Waals surface area contributed by atoms with E-state index in [2.05, 4.69) is 12.2 Å². The lowest BCUT2D eigenvalue weighted by Crippen LogP contribution is -2.29. The molecule has 1 rings (SSSR count). The first kappa shape index (κ1) is 7.03. The third kappa shape index (κ3) is 2.33. The Bertz CT molecular complexity index is 69.3. The molecule has 2 nitrogen and oxygen atoms in total. The average Bonchev–Trinajstić information content (AvgIpc) is 2.34. The summed E-state index contributed by atoms with van der Waals surface area (Å²) in [5.41, 5.74) is 0. The third-order valence-corrected chi connectivity index (χ3v) is 1.61. The van der Waals surface area contributed by atoms with Gasteiger partial charge in [0.05, 0.1) is 6.61 Å². The summed E-state index contributed by atoms with van der Waals surface area (Å²) in [6, 6.07) is 0.643.